The fourth-order valence-electron chi connectivity index (χ4n) is 3.87. The van der Waals surface area contributed by atoms with Crippen molar-refractivity contribution in [2.24, 2.45) is 5.16 Å². The van der Waals surface area contributed by atoms with E-state index in [1.54, 1.807) is 19.2 Å². The van der Waals surface area contributed by atoms with Crippen LogP contribution in [0.2, 0.25) is 10.0 Å². The number of guanidine groups is 1. The highest BCUT2D eigenvalue weighted by Crippen LogP contribution is 2.35. The van der Waals surface area contributed by atoms with Gasteiger partial charge in [-0.15, -0.1) is 0 Å². The summed E-state index contributed by atoms with van der Waals surface area (Å²) in [6.07, 6.45) is 1.11. The first kappa shape index (κ1) is 23.5. The minimum Gasteiger partial charge on any atom is -0.493 e. The van der Waals surface area contributed by atoms with E-state index in [0.29, 0.717) is 46.1 Å². The molecule has 3 heterocycles. The third-order valence-electron chi connectivity index (χ3n) is 5.78. The highest BCUT2D eigenvalue weighted by atomic mass is 35.5. The summed E-state index contributed by atoms with van der Waals surface area (Å²) in [6, 6.07) is 8.92. The number of halogens is 2. The van der Waals surface area contributed by atoms with Crippen molar-refractivity contribution in [2.45, 2.75) is 6.23 Å². The summed E-state index contributed by atoms with van der Waals surface area (Å²) < 4.78 is 17.1. The van der Waals surface area contributed by atoms with Gasteiger partial charge in [-0.25, -0.2) is 9.97 Å². The predicted octanol–water partition coefficient (Wildman–Crippen LogP) is 3.96. The molecule has 3 aromatic rings. The maximum atomic E-state index is 6.15. The quantitative estimate of drug-likeness (QED) is 0.520. The van der Waals surface area contributed by atoms with Crippen molar-refractivity contribution in [2.75, 3.05) is 52.4 Å². The molecule has 35 heavy (non-hydrogen) atoms. The Labute approximate surface area is 212 Å². The molecule has 0 saturated carbocycles. The smallest absolute Gasteiger partial charge is 0.241 e. The number of morpholine rings is 1. The van der Waals surface area contributed by atoms with E-state index in [9.17, 15) is 0 Å². The Morgan fingerprint density at radius 3 is 2.69 bits per heavy atom. The molecule has 0 spiro atoms. The lowest BCUT2D eigenvalue weighted by Gasteiger charge is -2.31. The first-order valence-corrected chi connectivity index (χ1v) is 11.8. The molecule has 2 aliphatic rings. The van der Waals surface area contributed by atoms with Crippen molar-refractivity contribution >= 4 is 51.6 Å². The number of aromatic nitrogens is 2. The number of methoxy groups -OCH3 is 1. The van der Waals surface area contributed by atoms with Crippen LogP contribution >= 0.6 is 23.2 Å². The normalized spacial score (nSPS) is 17.8. The van der Waals surface area contributed by atoms with Crippen LogP contribution in [0.1, 0.15) is 0 Å². The lowest BCUT2D eigenvalue weighted by atomic mass is 10.2. The first-order chi connectivity index (χ1) is 17.0. The standard InChI is InChI=1S/C23H24Cl2N6O4/c1-30-21(35-29-23(30)31-5-7-33-8-6-31)12-34-20-11-18-15(10-19(20)32-2)22(27-13-26-18)28-14-3-4-16(24)17(25)9-14/h3-4,9-11,13,21H,5-8,12H2,1-2H3,(H,26,27,28). The summed E-state index contributed by atoms with van der Waals surface area (Å²) in [6.45, 7) is 3.14. The van der Waals surface area contributed by atoms with Gasteiger partial charge in [0.05, 0.1) is 35.9 Å². The lowest BCUT2D eigenvalue weighted by molar-refractivity contribution is -0.0140. The highest BCUT2D eigenvalue weighted by molar-refractivity contribution is 6.42. The summed E-state index contributed by atoms with van der Waals surface area (Å²) in [4.78, 5) is 18.5. The number of benzene rings is 2. The van der Waals surface area contributed by atoms with E-state index in [2.05, 4.69) is 25.3 Å². The van der Waals surface area contributed by atoms with E-state index in [0.717, 1.165) is 30.1 Å². The number of hydrogen-bond donors (Lipinski definition) is 1. The molecular weight excluding hydrogens is 495 g/mol. The zero-order valence-corrected chi connectivity index (χ0v) is 20.7. The number of likely N-dealkylation sites (N-methyl/N-ethyl adjacent to an activating group) is 1. The van der Waals surface area contributed by atoms with Gasteiger partial charge in [0.2, 0.25) is 12.2 Å². The van der Waals surface area contributed by atoms with Gasteiger partial charge in [0.1, 0.15) is 18.8 Å². The Bertz CT molecular complexity index is 1250. The topological polar surface area (TPSA) is 93.6 Å². The van der Waals surface area contributed by atoms with E-state index in [1.807, 2.05) is 30.1 Å². The van der Waals surface area contributed by atoms with Crippen LogP contribution in [0, 0.1) is 0 Å². The molecule has 2 aliphatic heterocycles. The lowest BCUT2D eigenvalue weighted by Crippen LogP contribution is -2.49. The van der Waals surface area contributed by atoms with Gasteiger partial charge in [0.15, 0.2) is 11.5 Å². The second-order valence-corrected chi connectivity index (χ2v) is 8.78. The van der Waals surface area contributed by atoms with Crippen molar-refractivity contribution in [3.05, 3.63) is 46.7 Å². The van der Waals surface area contributed by atoms with E-state index >= 15 is 0 Å². The summed E-state index contributed by atoms with van der Waals surface area (Å²) >= 11 is 12.2. The van der Waals surface area contributed by atoms with Gasteiger partial charge in [-0.1, -0.05) is 23.2 Å². The molecule has 2 aromatic carbocycles. The number of hydrogen-bond acceptors (Lipinski definition) is 10. The van der Waals surface area contributed by atoms with Crippen LogP contribution < -0.4 is 14.8 Å². The molecule has 0 amide bonds. The van der Waals surface area contributed by atoms with Crippen molar-refractivity contribution in [1.82, 2.24) is 19.8 Å². The number of nitrogens with one attached hydrogen (secondary N) is 1. The molecule has 0 bridgehead atoms. The van der Waals surface area contributed by atoms with Gasteiger partial charge in [-0.3, -0.25) is 0 Å². The second kappa shape index (κ2) is 10.2. The van der Waals surface area contributed by atoms with Crippen LogP contribution in [0.5, 0.6) is 11.5 Å². The summed E-state index contributed by atoms with van der Waals surface area (Å²) in [7, 11) is 3.52. The minimum absolute atomic E-state index is 0.245. The molecule has 0 aliphatic carbocycles. The molecule has 1 saturated heterocycles. The Morgan fingerprint density at radius 1 is 1.09 bits per heavy atom. The van der Waals surface area contributed by atoms with E-state index in [-0.39, 0.29) is 12.8 Å². The Kier molecular flexibility index (Phi) is 6.85. The number of fused-ring (bicyclic) bond motifs is 1. The van der Waals surface area contributed by atoms with Crippen molar-refractivity contribution in [3.63, 3.8) is 0 Å². The molecule has 0 radical (unpaired) electrons. The van der Waals surface area contributed by atoms with E-state index in [4.69, 9.17) is 42.3 Å². The number of oxime groups is 1. The third-order valence-corrected chi connectivity index (χ3v) is 6.52. The SMILES string of the molecule is COc1cc2c(Nc3ccc(Cl)c(Cl)c3)ncnc2cc1OCC1ON=C(N2CCOCC2)N1C. The van der Waals surface area contributed by atoms with Crippen LogP contribution in [0.15, 0.2) is 41.8 Å². The largest absolute Gasteiger partial charge is 0.493 e. The number of anilines is 2. The van der Waals surface area contributed by atoms with Crippen LogP contribution in [-0.4, -0.2) is 79.0 Å². The molecule has 12 heteroatoms. The Morgan fingerprint density at radius 2 is 1.91 bits per heavy atom. The molecule has 10 nitrogen and oxygen atoms in total. The average molecular weight is 519 g/mol. The highest BCUT2D eigenvalue weighted by Gasteiger charge is 2.32. The monoisotopic (exact) mass is 518 g/mol. The van der Waals surface area contributed by atoms with E-state index in [1.165, 1.54) is 6.33 Å². The molecule has 184 valence electrons. The van der Waals surface area contributed by atoms with Gasteiger partial charge in [0, 0.05) is 37.3 Å². The van der Waals surface area contributed by atoms with Crippen LogP contribution in [-0.2, 0) is 9.57 Å². The number of nitrogens with zero attached hydrogens (tertiary/aromatic N) is 5. The molecule has 1 unspecified atom stereocenters. The Balaban J connectivity index is 1.32. The van der Waals surface area contributed by atoms with Gasteiger partial charge in [0.25, 0.3) is 0 Å². The fraction of sp³-hybridized carbons (Fsp3) is 0.348. The second-order valence-electron chi connectivity index (χ2n) is 7.97. The molecule has 1 atom stereocenters. The van der Waals surface area contributed by atoms with Crippen LogP contribution in [0.3, 0.4) is 0 Å². The van der Waals surface area contributed by atoms with Crippen molar-refractivity contribution < 1.29 is 19.0 Å². The van der Waals surface area contributed by atoms with Crippen molar-refractivity contribution in [1.29, 1.82) is 0 Å². The van der Waals surface area contributed by atoms with Crippen molar-refractivity contribution in [3.8, 4) is 11.5 Å². The third kappa shape index (κ3) is 4.95. The molecule has 1 fully saturated rings. The number of ether oxygens (including phenoxy) is 3. The first-order valence-electron chi connectivity index (χ1n) is 11.0. The predicted molar refractivity (Wildman–Crippen MR) is 134 cm³/mol. The minimum atomic E-state index is -0.370. The van der Waals surface area contributed by atoms with Gasteiger partial charge in [-0.05, 0) is 29.4 Å². The Hall–Kier alpha value is -3.21. The molecule has 5 rings (SSSR count). The zero-order chi connectivity index (χ0) is 24.4. The summed E-state index contributed by atoms with van der Waals surface area (Å²) in [5, 5.41) is 9.19. The maximum absolute atomic E-state index is 6.15. The zero-order valence-electron chi connectivity index (χ0n) is 19.2. The molecule has 1 aromatic heterocycles. The molecule has 1 N–H and O–H groups in total. The summed E-state index contributed by atoms with van der Waals surface area (Å²) in [5.74, 6) is 2.45. The van der Waals surface area contributed by atoms with Gasteiger partial charge >= 0.3 is 0 Å². The van der Waals surface area contributed by atoms with Gasteiger partial charge < -0.3 is 34.2 Å². The number of rotatable bonds is 6. The van der Waals surface area contributed by atoms with Crippen LogP contribution in [0.25, 0.3) is 10.9 Å². The molecular formula is C23H24Cl2N6O4. The van der Waals surface area contributed by atoms with E-state index < -0.39 is 0 Å². The van der Waals surface area contributed by atoms with Crippen LogP contribution in [0.4, 0.5) is 11.5 Å². The van der Waals surface area contributed by atoms with Gasteiger partial charge in [-0.2, -0.15) is 0 Å². The maximum Gasteiger partial charge on any atom is 0.241 e. The summed E-state index contributed by atoms with van der Waals surface area (Å²) in [5.41, 5.74) is 1.43. The fourth-order valence-corrected chi connectivity index (χ4v) is 4.16. The average Bonchev–Trinajstić information content (AvgIpc) is 3.25.